The minimum Gasteiger partial charge on any atom is -0.507 e. The zero-order valence-corrected chi connectivity index (χ0v) is 13.0. The quantitative estimate of drug-likeness (QED) is 0.607. The molecule has 3 aromatic rings. The van der Waals surface area contributed by atoms with E-state index in [9.17, 15) is 14.7 Å². The molecule has 0 aliphatic carbocycles. The highest BCUT2D eigenvalue weighted by Crippen LogP contribution is 2.31. The van der Waals surface area contributed by atoms with E-state index in [4.69, 9.17) is 5.11 Å². The zero-order valence-electron chi connectivity index (χ0n) is 13.0. The third-order valence-corrected chi connectivity index (χ3v) is 4.37. The molecule has 1 saturated heterocycles. The van der Waals surface area contributed by atoms with Crippen molar-refractivity contribution in [1.82, 2.24) is 20.1 Å². The van der Waals surface area contributed by atoms with Crippen molar-refractivity contribution < 1.29 is 19.8 Å². The van der Waals surface area contributed by atoms with Crippen LogP contribution >= 0.6 is 0 Å². The standard InChI is InChI=1S/C17H14N4O4/c22-14-4-2-1-3-11(14)13-6-9-5-12(18-15(9)20-19-13)10-7-21(8-10)16(23)17(24)25/h1-6,10,22H,7-8H2,(H,18,20)(H,24,25). The molecule has 1 aliphatic rings. The number of nitrogens with zero attached hydrogens (tertiary/aromatic N) is 3. The van der Waals surface area contributed by atoms with Crippen molar-refractivity contribution in [3.05, 3.63) is 42.1 Å². The number of aromatic hydroxyl groups is 1. The molecular weight excluding hydrogens is 324 g/mol. The number of phenols is 1. The predicted octanol–water partition coefficient (Wildman–Crippen LogP) is 1.34. The third kappa shape index (κ3) is 2.57. The van der Waals surface area contributed by atoms with Crippen LogP contribution in [0.4, 0.5) is 0 Å². The summed E-state index contributed by atoms with van der Waals surface area (Å²) in [6, 6.07) is 10.6. The molecule has 0 bridgehead atoms. The minimum absolute atomic E-state index is 0.0473. The molecule has 0 spiro atoms. The lowest BCUT2D eigenvalue weighted by atomic mass is 9.96. The number of carbonyl (C=O) groups is 2. The second kappa shape index (κ2) is 5.59. The van der Waals surface area contributed by atoms with Crippen LogP contribution in [0.3, 0.4) is 0 Å². The summed E-state index contributed by atoms with van der Waals surface area (Å²) in [5.74, 6) is -2.14. The smallest absolute Gasteiger partial charge is 0.394 e. The van der Waals surface area contributed by atoms with Gasteiger partial charge in [0.25, 0.3) is 0 Å². The maximum atomic E-state index is 11.4. The lowest BCUT2D eigenvalue weighted by molar-refractivity contribution is -0.158. The molecule has 3 heterocycles. The number of rotatable bonds is 2. The Bertz CT molecular complexity index is 991. The van der Waals surface area contributed by atoms with Gasteiger partial charge < -0.3 is 20.1 Å². The highest BCUT2D eigenvalue weighted by atomic mass is 16.4. The average molecular weight is 338 g/mol. The molecule has 1 fully saturated rings. The van der Waals surface area contributed by atoms with E-state index in [1.165, 1.54) is 4.90 Å². The molecule has 3 N–H and O–H groups in total. The number of para-hydroxylation sites is 1. The summed E-state index contributed by atoms with van der Waals surface area (Å²) in [4.78, 5) is 26.5. The van der Waals surface area contributed by atoms with Crippen molar-refractivity contribution in [2.45, 2.75) is 5.92 Å². The normalized spacial score (nSPS) is 14.5. The molecule has 0 atom stereocenters. The number of phenolic OH excluding ortho intramolecular Hbond substituents is 1. The van der Waals surface area contributed by atoms with Crippen LogP contribution < -0.4 is 0 Å². The maximum absolute atomic E-state index is 11.4. The number of fused-ring (bicyclic) bond motifs is 1. The van der Waals surface area contributed by atoms with Crippen LogP contribution in [0, 0.1) is 0 Å². The molecule has 4 rings (SSSR count). The monoisotopic (exact) mass is 338 g/mol. The maximum Gasteiger partial charge on any atom is 0.394 e. The van der Waals surface area contributed by atoms with Crippen LogP contribution in [0.5, 0.6) is 5.75 Å². The van der Waals surface area contributed by atoms with Crippen molar-refractivity contribution in [1.29, 1.82) is 0 Å². The van der Waals surface area contributed by atoms with Gasteiger partial charge >= 0.3 is 11.9 Å². The van der Waals surface area contributed by atoms with Gasteiger partial charge in [0.05, 0.1) is 5.69 Å². The summed E-state index contributed by atoms with van der Waals surface area (Å²) in [5, 5.41) is 27.8. The molecule has 0 radical (unpaired) electrons. The Morgan fingerprint density at radius 2 is 1.92 bits per heavy atom. The molecule has 2 aromatic heterocycles. The Kier molecular flexibility index (Phi) is 3.38. The van der Waals surface area contributed by atoms with Crippen molar-refractivity contribution in [3.8, 4) is 17.0 Å². The van der Waals surface area contributed by atoms with Crippen LogP contribution in [0.15, 0.2) is 36.4 Å². The first kappa shape index (κ1) is 15.1. The summed E-state index contributed by atoms with van der Waals surface area (Å²) in [5.41, 5.74) is 2.65. The number of aromatic nitrogens is 3. The van der Waals surface area contributed by atoms with Crippen molar-refractivity contribution in [2.24, 2.45) is 0 Å². The Labute approximate surface area is 141 Å². The van der Waals surface area contributed by atoms with Crippen molar-refractivity contribution >= 4 is 22.9 Å². The minimum atomic E-state index is -1.44. The summed E-state index contributed by atoms with van der Waals surface area (Å²) < 4.78 is 0. The van der Waals surface area contributed by atoms with Crippen LogP contribution in [0.1, 0.15) is 11.6 Å². The molecule has 1 aliphatic heterocycles. The number of carbonyl (C=O) groups excluding carboxylic acids is 1. The number of hydrogen-bond acceptors (Lipinski definition) is 5. The summed E-state index contributed by atoms with van der Waals surface area (Å²) in [6.07, 6.45) is 0. The van der Waals surface area contributed by atoms with E-state index in [1.54, 1.807) is 18.2 Å². The molecular formula is C17H14N4O4. The fourth-order valence-electron chi connectivity index (χ4n) is 2.97. The van der Waals surface area contributed by atoms with E-state index in [-0.39, 0.29) is 11.7 Å². The van der Waals surface area contributed by atoms with Gasteiger partial charge in [-0.15, -0.1) is 10.2 Å². The van der Waals surface area contributed by atoms with Crippen molar-refractivity contribution in [3.63, 3.8) is 0 Å². The molecule has 8 heteroatoms. The SMILES string of the molecule is O=C(O)C(=O)N1CC(c2cc3cc(-c4ccccc4O)nnc3[nH]2)C1. The molecule has 1 aromatic carbocycles. The predicted molar refractivity (Wildman–Crippen MR) is 87.9 cm³/mol. The van der Waals surface area contributed by atoms with Gasteiger partial charge in [-0.25, -0.2) is 4.79 Å². The second-order valence-corrected chi connectivity index (χ2v) is 5.99. The second-order valence-electron chi connectivity index (χ2n) is 5.99. The number of aliphatic carboxylic acids is 1. The first-order valence-corrected chi connectivity index (χ1v) is 7.70. The third-order valence-electron chi connectivity index (χ3n) is 4.37. The number of carboxylic acid groups (broad SMARTS) is 1. The number of amides is 1. The largest absolute Gasteiger partial charge is 0.507 e. The molecule has 25 heavy (non-hydrogen) atoms. The van der Waals surface area contributed by atoms with Crippen molar-refractivity contribution in [2.75, 3.05) is 13.1 Å². The fraction of sp³-hybridized carbons (Fsp3) is 0.176. The van der Waals surface area contributed by atoms with E-state index < -0.39 is 11.9 Å². The van der Waals surface area contributed by atoms with E-state index in [2.05, 4.69) is 15.2 Å². The Morgan fingerprint density at radius 1 is 1.16 bits per heavy atom. The van der Waals surface area contributed by atoms with Gasteiger partial charge in [-0.2, -0.15) is 0 Å². The molecule has 126 valence electrons. The van der Waals surface area contributed by atoms with Crippen LogP contribution in [0.2, 0.25) is 0 Å². The van der Waals surface area contributed by atoms with Gasteiger partial charge in [-0.1, -0.05) is 12.1 Å². The summed E-state index contributed by atoms with van der Waals surface area (Å²) in [7, 11) is 0. The number of H-pyrrole nitrogens is 1. The van der Waals surface area contributed by atoms with Gasteiger partial charge in [0.2, 0.25) is 0 Å². The fourth-order valence-corrected chi connectivity index (χ4v) is 2.97. The Hall–Kier alpha value is -3.42. The topological polar surface area (TPSA) is 119 Å². The lowest BCUT2D eigenvalue weighted by Crippen LogP contribution is -2.51. The highest BCUT2D eigenvalue weighted by Gasteiger charge is 2.35. The number of aromatic amines is 1. The Morgan fingerprint density at radius 3 is 2.64 bits per heavy atom. The van der Waals surface area contributed by atoms with Crippen LogP contribution in [-0.4, -0.2) is 55.3 Å². The van der Waals surface area contributed by atoms with E-state index in [1.807, 2.05) is 18.2 Å². The summed E-state index contributed by atoms with van der Waals surface area (Å²) in [6.45, 7) is 0.718. The number of hydrogen-bond donors (Lipinski definition) is 3. The molecule has 0 saturated carbocycles. The van der Waals surface area contributed by atoms with Gasteiger partial charge in [0.15, 0.2) is 5.65 Å². The first-order chi connectivity index (χ1) is 12.0. The number of benzene rings is 1. The van der Waals surface area contributed by atoms with Crippen LogP contribution in [-0.2, 0) is 9.59 Å². The van der Waals surface area contributed by atoms with Gasteiger partial charge in [-0.05, 0) is 24.3 Å². The number of carboxylic acids is 1. The Balaban J connectivity index is 1.59. The number of nitrogens with one attached hydrogen (secondary N) is 1. The van der Waals surface area contributed by atoms with Gasteiger partial charge in [0, 0.05) is 35.7 Å². The van der Waals surface area contributed by atoms with Gasteiger partial charge in [0.1, 0.15) is 5.75 Å². The molecule has 1 amide bonds. The average Bonchev–Trinajstić information content (AvgIpc) is 2.96. The number of likely N-dealkylation sites (tertiary alicyclic amines) is 1. The molecule has 0 unspecified atom stereocenters. The van der Waals surface area contributed by atoms with Crippen LogP contribution in [0.25, 0.3) is 22.3 Å². The van der Waals surface area contributed by atoms with E-state index in [0.29, 0.717) is 30.0 Å². The van der Waals surface area contributed by atoms with E-state index >= 15 is 0 Å². The highest BCUT2D eigenvalue weighted by molar-refractivity contribution is 6.31. The first-order valence-electron chi connectivity index (χ1n) is 7.70. The molecule has 8 nitrogen and oxygen atoms in total. The summed E-state index contributed by atoms with van der Waals surface area (Å²) >= 11 is 0. The zero-order chi connectivity index (χ0) is 17.6. The lowest BCUT2D eigenvalue weighted by Gasteiger charge is -2.37. The van der Waals surface area contributed by atoms with Gasteiger partial charge in [-0.3, -0.25) is 4.79 Å². The van der Waals surface area contributed by atoms with E-state index in [0.717, 1.165) is 11.1 Å².